The van der Waals surface area contributed by atoms with Crippen molar-refractivity contribution in [1.82, 2.24) is 5.32 Å². The molecule has 0 bridgehead atoms. The molecule has 4 N–H and O–H groups in total. The molecule has 0 radical (unpaired) electrons. The Labute approximate surface area is 170 Å². The summed E-state index contributed by atoms with van der Waals surface area (Å²) in [4.78, 5) is 24.1. The molecule has 0 aliphatic heterocycles. The topological polar surface area (TPSA) is 97.4 Å². The average Bonchev–Trinajstić information content (AvgIpc) is 3.23. The Morgan fingerprint density at radius 2 is 1.62 bits per heavy atom. The van der Waals surface area contributed by atoms with Gasteiger partial charge in [-0.1, -0.05) is 48.9 Å². The first-order chi connectivity index (χ1) is 14.1. The fourth-order valence-electron chi connectivity index (χ4n) is 2.92. The Balaban J connectivity index is 1.32. The third-order valence-electron chi connectivity index (χ3n) is 4.49. The summed E-state index contributed by atoms with van der Waals surface area (Å²) in [7, 11) is 0. The highest BCUT2D eigenvalue weighted by Crippen LogP contribution is 2.21. The summed E-state index contributed by atoms with van der Waals surface area (Å²) < 4.78 is 5.63. The van der Waals surface area contributed by atoms with Gasteiger partial charge in [-0.15, -0.1) is 0 Å². The monoisotopic (exact) mass is 391 g/mol. The lowest BCUT2D eigenvalue weighted by Gasteiger charge is -2.08. The van der Waals surface area contributed by atoms with Crippen molar-refractivity contribution in [2.24, 2.45) is 0 Å². The van der Waals surface area contributed by atoms with Crippen molar-refractivity contribution in [3.8, 4) is 11.3 Å². The number of carbonyl (C=O) groups excluding carboxylic acids is 2. The Morgan fingerprint density at radius 1 is 0.862 bits per heavy atom. The van der Waals surface area contributed by atoms with Crippen LogP contribution in [0.4, 0.5) is 11.4 Å². The summed E-state index contributed by atoms with van der Waals surface area (Å²) in [5, 5.41) is 5.66. The minimum absolute atomic E-state index is 0.0593. The van der Waals surface area contributed by atoms with Gasteiger partial charge in [0.1, 0.15) is 5.76 Å². The molecule has 0 spiro atoms. The van der Waals surface area contributed by atoms with Crippen LogP contribution in [0.2, 0.25) is 0 Å². The van der Waals surface area contributed by atoms with Crippen LogP contribution in [0.3, 0.4) is 0 Å². The van der Waals surface area contributed by atoms with E-state index < -0.39 is 0 Å². The molecule has 0 fully saturated rings. The molecule has 6 heteroatoms. The van der Waals surface area contributed by atoms with E-state index in [2.05, 4.69) is 10.6 Å². The number of nitrogens with two attached hydrogens (primary N) is 1. The lowest BCUT2D eigenvalue weighted by atomic mass is 10.2. The van der Waals surface area contributed by atoms with Gasteiger partial charge < -0.3 is 20.8 Å². The van der Waals surface area contributed by atoms with E-state index in [1.54, 1.807) is 24.3 Å². The van der Waals surface area contributed by atoms with Crippen molar-refractivity contribution in [2.75, 3.05) is 17.6 Å². The van der Waals surface area contributed by atoms with Crippen molar-refractivity contribution in [2.45, 2.75) is 25.7 Å². The van der Waals surface area contributed by atoms with Crippen LogP contribution in [0.25, 0.3) is 11.3 Å². The Kier molecular flexibility index (Phi) is 7.05. The SMILES string of the molecule is Nc1ccccc1NC(=O)CCCCCNC(=O)c1ccc(-c2ccccc2)o1. The van der Waals surface area contributed by atoms with Gasteiger partial charge in [0, 0.05) is 18.5 Å². The van der Waals surface area contributed by atoms with Crippen LogP contribution < -0.4 is 16.4 Å². The molecule has 0 aliphatic carbocycles. The van der Waals surface area contributed by atoms with E-state index in [0.29, 0.717) is 35.9 Å². The molecule has 0 saturated heterocycles. The number of anilines is 2. The van der Waals surface area contributed by atoms with Gasteiger partial charge in [-0.3, -0.25) is 9.59 Å². The summed E-state index contributed by atoms with van der Waals surface area (Å²) in [5.74, 6) is 0.671. The number of carbonyl (C=O) groups is 2. The molecule has 1 aromatic heterocycles. The van der Waals surface area contributed by atoms with Gasteiger partial charge in [0.15, 0.2) is 5.76 Å². The second-order valence-corrected chi connectivity index (χ2v) is 6.73. The maximum atomic E-state index is 12.2. The first-order valence-electron chi connectivity index (χ1n) is 9.71. The van der Waals surface area contributed by atoms with Gasteiger partial charge in [-0.05, 0) is 37.1 Å². The van der Waals surface area contributed by atoms with Crippen LogP contribution in [0.5, 0.6) is 0 Å². The van der Waals surface area contributed by atoms with E-state index in [4.69, 9.17) is 10.2 Å². The van der Waals surface area contributed by atoms with Crippen molar-refractivity contribution < 1.29 is 14.0 Å². The number of para-hydroxylation sites is 2. The van der Waals surface area contributed by atoms with Gasteiger partial charge in [0.05, 0.1) is 11.4 Å². The van der Waals surface area contributed by atoms with Crippen molar-refractivity contribution in [1.29, 1.82) is 0 Å². The molecule has 0 atom stereocenters. The predicted octanol–water partition coefficient (Wildman–Crippen LogP) is 4.46. The first kappa shape index (κ1) is 20.2. The van der Waals surface area contributed by atoms with E-state index in [9.17, 15) is 9.59 Å². The van der Waals surface area contributed by atoms with Gasteiger partial charge in [-0.2, -0.15) is 0 Å². The molecule has 3 aromatic rings. The molecule has 6 nitrogen and oxygen atoms in total. The third-order valence-corrected chi connectivity index (χ3v) is 4.49. The number of amides is 2. The minimum atomic E-state index is -0.232. The largest absolute Gasteiger partial charge is 0.451 e. The molecule has 29 heavy (non-hydrogen) atoms. The standard InChI is InChI=1S/C23H25N3O3/c24-18-11-6-7-12-19(18)26-22(27)13-5-2-8-16-25-23(28)21-15-14-20(29-21)17-9-3-1-4-10-17/h1,3-4,6-7,9-12,14-15H,2,5,8,13,16,24H2,(H,25,28)(H,26,27). The quantitative estimate of drug-likeness (QED) is 0.371. The van der Waals surface area contributed by atoms with Crippen LogP contribution in [-0.2, 0) is 4.79 Å². The number of nitrogens with one attached hydrogen (secondary N) is 2. The van der Waals surface area contributed by atoms with Crippen LogP contribution >= 0.6 is 0 Å². The molecule has 2 aromatic carbocycles. The highest BCUT2D eigenvalue weighted by atomic mass is 16.3. The van der Waals surface area contributed by atoms with Crippen molar-refractivity contribution >= 4 is 23.2 Å². The van der Waals surface area contributed by atoms with Gasteiger partial charge in [0.2, 0.25) is 5.91 Å². The molecule has 0 unspecified atom stereocenters. The molecule has 150 valence electrons. The van der Waals surface area contributed by atoms with Gasteiger partial charge in [-0.25, -0.2) is 0 Å². The lowest BCUT2D eigenvalue weighted by molar-refractivity contribution is -0.116. The normalized spacial score (nSPS) is 10.5. The zero-order valence-corrected chi connectivity index (χ0v) is 16.2. The molecule has 0 aliphatic rings. The van der Waals surface area contributed by atoms with Crippen LogP contribution in [0.1, 0.15) is 36.2 Å². The fourth-order valence-corrected chi connectivity index (χ4v) is 2.92. The summed E-state index contributed by atoms with van der Waals surface area (Å²) >= 11 is 0. The van der Waals surface area contributed by atoms with Crippen LogP contribution in [0, 0.1) is 0 Å². The average molecular weight is 391 g/mol. The maximum Gasteiger partial charge on any atom is 0.287 e. The van der Waals surface area contributed by atoms with Crippen molar-refractivity contribution in [3.05, 3.63) is 72.5 Å². The van der Waals surface area contributed by atoms with E-state index in [1.807, 2.05) is 42.5 Å². The highest BCUT2D eigenvalue weighted by molar-refractivity contribution is 5.93. The minimum Gasteiger partial charge on any atom is -0.451 e. The second kappa shape index (κ2) is 10.1. The van der Waals surface area contributed by atoms with E-state index in [1.165, 1.54) is 0 Å². The predicted molar refractivity (Wildman–Crippen MR) is 114 cm³/mol. The molecule has 1 heterocycles. The smallest absolute Gasteiger partial charge is 0.287 e. The summed E-state index contributed by atoms with van der Waals surface area (Å²) in [6.07, 6.45) is 2.79. The molecule has 2 amide bonds. The summed E-state index contributed by atoms with van der Waals surface area (Å²) in [5.41, 5.74) is 7.93. The van der Waals surface area contributed by atoms with E-state index in [0.717, 1.165) is 24.8 Å². The van der Waals surface area contributed by atoms with Crippen LogP contribution in [-0.4, -0.2) is 18.4 Å². The fraction of sp³-hybridized carbons (Fsp3) is 0.217. The van der Waals surface area contributed by atoms with Crippen molar-refractivity contribution in [3.63, 3.8) is 0 Å². The number of unbranched alkanes of at least 4 members (excludes halogenated alkanes) is 2. The Hall–Kier alpha value is -3.54. The van der Waals surface area contributed by atoms with E-state index in [-0.39, 0.29) is 11.8 Å². The number of rotatable bonds is 9. The zero-order valence-electron chi connectivity index (χ0n) is 16.2. The molecule has 3 rings (SSSR count). The number of benzene rings is 2. The number of furan rings is 1. The third kappa shape index (κ3) is 5.97. The van der Waals surface area contributed by atoms with Gasteiger partial charge >= 0.3 is 0 Å². The number of hydrogen-bond acceptors (Lipinski definition) is 4. The maximum absolute atomic E-state index is 12.2. The highest BCUT2D eigenvalue weighted by Gasteiger charge is 2.11. The first-order valence-corrected chi connectivity index (χ1v) is 9.71. The molecular weight excluding hydrogens is 366 g/mol. The summed E-state index contributed by atoms with van der Waals surface area (Å²) in [6.45, 7) is 0.535. The number of nitrogen functional groups attached to an aromatic ring is 1. The van der Waals surface area contributed by atoms with Crippen LogP contribution in [0.15, 0.2) is 71.1 Å². The number of hydrogen-bond donors (Lipinski definition) is 3. The Bertz CT molecular complexity index is 951. The second-order valence-electron chi connectivity index (χ2n) is 6.73. The van der Waals surface area contributed by atoms with Gasteiger partial charge in [0.25, 0.3) is 5.91 Å². The zero-order chi connectivity index (χ0) is 20.5. The summed E-state index contributed by atoms with van der Waals surface area (Å²) in [6, 6.07) is 20.3. The van der Waals surface area contributed by atoms with E-state index >= 15 is 0 Å². The Morgan fingerprint density at radius 3 is 2.41 bits per heavy atom. The molecular formula is C23H25N3O3. The molecule has 0 saturated carbocycles. The lowest BCUT2D eigenvalue weighted by Crippen LogP contribution is -2.24.